The van der Waals surface area contributed by atoms with Crippen LogP contribution in [-0.4, -0.2) is 0 Å². The zero-order chi connectivity index (χ0) is 18.1. The van der Waals surface area contributed by atoms with Crippen molar-refractivity contribution < 1.29 is 10.1 Å². The first-order valence-corrected chi connectivity index (χ1v) is 7.25. The zero-order valence-corrected chi connectivity index (χ0v) is 12.8. The highest BCUT2D eigenvalue weighted by Crippen LogP contribution is 2.32. The summed E-state index contributed by atoms with van der Waals surface area (Å²) in [6.45, 7) is 3.76. The summed E-state index contributed by atoms with van der Waals surface area (Å²) in [6.07, 6.45) is 1.35. The Kier molecular flexibility index (Phi) is 2.93. The van der Waals surface area contributed by atoms with Crippen molar-refractivity contribution in [3.63, 3.8) is 0 Å². The number of pyridine rings is 1. The second-order valence-corrected chi connectivity index (χ2v) is 5.42. The molecule has 0 spiro atoms. The Balaban J connectivity index is 2.77. The molecule has 0 aliphatic rings. The minimum atomic E-state index is -2.11. The monoisotopic (exact) mass is 272 g/mol. The van der Waals surface area contributed by atoms with Gasteiger partial charge < -0.3 is 0 Å². The number of hydrogen-bond acceptors (Lipinski definition) is 0. The molecule has 0 radical (unpaired) electrons. The minimum Gasteiger partial charge on any atom is -0.201 e. The molecule has 1 heterocycles. The second kappa shape index (κ2) is 5.78. The molecule has 0 saturated heterocycles. The van der Waals surface area contributed by atoms with Gasteiger partial charge in [-0.15, -0.1) is 0 Å². The van der Waals surface area contributed by atoms with Crippen LogP contribution in [0.4, 0.5) is 0 Å². The fourth-order valence-electron chi connectivity index (χ4n) is 2.57. The topological polar surface area (TPSA) is 3.88 Å². The van der Waals surface area contributed by atoms with E-state index in [1.165, 1.54) is 0 Å². The van der Waals surface area contributed by atoms with E-state index in [1.54, 1.807) is 10.6 Å². The van der Waals surface area contributed by atoms with Crippen LogP contribution in [0.3, 0.4) is 0 Å². The molecular formula is C19H26N+. The molecule has 2 aromatic rings. The summed E-state index contributed by atoms with van der Waals surface area (Å²) < 4.78 is 34.4. The van der Waals surface area contributed by atoms with Gasteiger partial charge >= 0.3 is 0 Å². The summed E-state index contributed by atoms with van der Waals surface area (Å²) in [5, 5.41) is 0. The van der Waals surface area contributed by atoms with Crippen molar-refractivity contribution in [3.8, 4) is 11.3 Å². The van der Waals surface area contributed by atoms with Gasteiger partial charge in [-0.1, -0.05) is 38.9 Å². The molecule has 0 fully saturated rings. The number of hydrogen-bond donors (Lipinski definition) is 0. The van der Waals surface area contributed by atoms with E-state index in [2.05, 4.69) is 0 Å². The third-order valence-electron chi connectivity index (χ3n) is 4.25. The molecule has 0 aliphatic carbocycles. The predicted molar refractivity (Wildman–Crippen MR) is 85.7 cm³/mol. The quantitative estimate of drug-likeness (QED) is 0.718. The maximum atomic E-state index is 8.34. The van der Waals surface area contributed by atoms with Crippen molar-refractivity contribution in [2.24, 2.45) is 7.05 Å². The van der Waals surface area contributed by atoms with E-state index in [0.29, 0.717) is 19.0 Å². The van der Waals surface area contributed by atoms with E-state index >= 15 is 0 Å². The molecule has 1 aromatic carbocycles. The molecule has 20 heavy (non-hydrogen) atoms. The van der Waals surface area contributed by atoms with Crippen molar-refractivity contribution >= 4 is 0 Å². The summed E-state index contributed by atoms with van der Waals surface area (Å²) >= 11 is 0. The Morgan fingerprint density at radius 2 is 1.90 bits per heavy atom. The summed E-state index contributed by atoms with van der Waals surface area (Å²) in [7, 11) is 1.85. The summed E-state index contributed by atoms with van der Waals surface area (Å²) in [4.78, 5) is 0. The number of rotatable bonds is 4. The average molecular weight is 272 g/mol. The largest absolute Gasteiger partial charge is 0.212 e. The van der Waals surface area contributed by atoms with E-state index in [0.717, 1.165) is 22.4 Å². The highest BCUT2D eigenvalue weighted by atomic mass is 14.9. The van der Waals surface area contributed by atoms with Gasteiger partial charge in [0, 0.05) is 21.8 Å². The van der Waals surface area contributed by atoms with Crippen molar-refractivity contribution in [2.45, 2.75) is 45.9 Å². The molecule has 0 N–H and O–H groups in total. The van der Waals surface area contributed by atoms with Crippen LogP contribution < -0.4 is 4.57 Å². The summed E-state index contributed by atoms with van der Waals surface area (Å²) in [5.74, 6) is 0. The normalized spacial score (nSPS) is 15.2. The first kappa shape index (κ1) is 10.1. The molecule has 2 rings (SSSR count). The van der Waals surface area contributed by atoms with E-state index in [1.807, 2.05) is 58.2 Å². The molecule has 0 saturated carbocycles. The lowest BCUT2D eigenvalue weighted by molar-refractivity contribution is -0.660. The molecule has 1 heteroatoms. The van der Waals surface area contributed by atoms with Gasteiger partial charge in [-0.05, 0) is 42.4 Å². The lowest BCUT2D eigenvalue weighted by Crippen LogP contribution is -2.32. The van der Waals surface area contributed by atoms with Crippen LogP contribution in [0, 0.1) is 6.92 Å². The molecule has 0 atom stereocenters. The Bertz CT molecular complexity index is 731. The highest BCUT2D eigenvalue weighted by molar-refractivity contribution is 5.61. The molecule has 1 aromatic heterocycles. The molecular weight excluding hydrogens is 242 g/mol. The van der Waals surface area contributed by atoms with E-state index in [9.17, 15) is 0 Å². The first-order chi connectivity index (χ1) is 11.2. The van der Waals surface area contributed by atoms with Crippen LogP contribution in [0.25, 0.3) is 11.3 Å². The molecule has 0 amide bonds. The number of aromatic nitrogens is 1. The fourth-order valence-corrected chi connectivity index (χ4v) is 2.57. The summed E-state index contributed by atoms with van der Waals surface area (Å²) in [6, 6.07) is 11.7. The number of aryl methyl sites for hydroxylation is 1. The third-order valence-corrected chi connectivity index (χ3v) is 4.25. The standard InChI is InChI=1S/C19H26N/c1-6-19(4,7-2)16-12-13-20(5)18(14-16)17-11-9-8-10-15(17)3/h8-14H,6-7H2,1-5H3/q+1/i4D3,13D. The van der Waals surface area contributed by atoms with E-state index < -0.39 is 12.3 Å². The number of benzene rings is 1. The first-order valence-electron chi connectivity index (χ1n) is 9.25. The van der Waals surface area contributed by atoms with E-state index in [-0.39, 0.29) is 0 Å². The molecule has 106 valence electrons. The smallest absolute Gasteiger partial charge is 0.201 e. The van der Waals surface area contributed by atoms with Gasteiger partial charge in [0.25, 0.3) is 0 Å². The van der Waals surface area contributed by atoms with Crippen molar-refractivity contribution in [1.29, 1.82) is 0 Å². The second-order valence-electron chi connectivity index (χ2n) is 5.42. The average Bonchev–Trinajstić information content (AvgIpc) is 2.51. The van der Waals surface area contributed by atoms with Gasteiger partial charge in [0.05, 0.1) is 0 Å². The fraction of sp³-hybridized carbons (Fsp3) is 0.421. The van der Waals surface area contributed by atoms with Crippen LogP contribution in [0.2, 0.25) is 0 Å². The third kappa shape index (κ3) is 2.63. The Hall–Kier alpha value is -1.63. The van der Waals surface area contributed by atoms with Gasteiger partial charge in [0.1, 0.15) is 8.42 Å². The van der Waals surface area contributed by atoms with Gasteiger partial charge in [-0.2, -0.15) is 0 Å². The van der Waals surface area contributed by atoms with Gasteiger partial charge in [-0.3, -0.25) is 0 Å². The highest BCUT2D eigenvalue weighted by Gasteiger charge is 2.25. The van der Waals surface area contributed by atoms with Crippen LogP contribution in [0.15, 0.2) is 42.6 Å². The predicted octanol–water partition coefficient (Wildman–Crippen LogP) is 4.56. The van der Waals surface area contributed by atoms with Crippen molar-refractivity contribution in [2.75, 3.05) is 0 Å². The van der Waals surface area contributed by atoms with Crippen LogP contribution in [0.1, 0.15) is 50.2 Å². The molecule has 0 bridgehead atoms. The maximum absolute atomic E-state index is 8.34. The zero-order valence-electron chi connectivity index (χ0n) is 16.8. The molecule has 0 aliphatic heterocycles. The lowest BCUT2D eigenvalue weighted by atomic mass is 9.78. The van der Waals surface area contributed by atoms with Crippen LogP contribution in [0.5, 0.6) is 0 Å². The molecule has 1 nitrogen and oxygen atoms in total. The van der Waals surface area contributed by atoms with Crippen LogP contribution >= 0.6 is 0 Å². The van der Waals surface area contributed by atoms with Gasteiger partial charge in [0.15, 0.2) is 6.17 Å². The molecule has 0 unspecified atom stereocenters. The minimum absolute atomic E-state index is 0.321. The Labute approximate surface area is 128 Å². The Morgan fingerprint density at radius 1 is 1.20 bits per heavy atom. The van der Waals surface area contributed by atoms with Crippen molar-refractivity contribution in [3.05, 3.63) is 53.7 Å². The van der Waals surface area contributed by atoms with Crippen molar-refractivity contribution in [1.82, 2.24) is 0 Å². The maximum Gasteiger partial charge on any atom is 0.212 e. The SMILES string of the molecule is [2H]c1cc(C(CC)(CC)C([2H])([2H])[2H])cc(-c2ccccc2C)[n+]1C. The van der Waals surface area contributed by atoms with Gasteiger partial charge in [-0.25, -0.2) is 4.57 Å². The van der Waals surface area contributed by atoms with Gasteiger partial charge in [0.2, 0.25) is 5.69 Å². The number of nitrogens with zero attached hydrogens (tertiary/aromatic N) is 1. The summed E-state index contributed by atoms with van der Waals surface area (Å²) in [5.41, 5.74) is 2.83. The van der Waals surface area contributed by atoms with Crippen LogP contribution in [-0.2, 0) is 12.5 Å². The van der Waals surface area contributed by atoms with E-state index in [4.69, 9.17) is 5.48 Å². The Morgan fingerprint density at radius 3 is 2.50 bits per heavy atom. The lowest BCUT2D eigenvalue weighted by Gasteiger charge is -2.27.